The fourth-order valence-corrected chi connectivity index (χ4v) is 2.10. The molecule has 1 aliphatic rings. The Bertz CT molecular complexity index is 352. The largest absolute Gasteiger partial charge is 0.393 e. The van der Waals surface area contributed by atoms with Crippen molar-refractivity contribution in [2.45, 2.75) is 31.5 Å². The van der Waals surface area contributed by atoms with Gasteiger partial charge < -0.3 is 10.4 Å². The van der Waals surface area contributed by atoms with E-state index in [0.717, 1.165) is 18.4 Å². The quantitative estimate of drug-likeness (QED) is 0.885. The summed E-state index contributed by atoms with van der Waals surface area (Å²) in [6, 6.07) is 5.39. The van der Waals surface area contributed by atoms with Gasteiger partial charge in [-0.15, -0.1) is 0 Å². The monoisotopic (exact) mass is 273 g/mol. The Labute approximate surface area is 96.6 Å². The molecule has 0 aromatic heterocycles. The van der Waals surface area contributed by atoms with Crippen molar-refractivity contribution >= 4 is 15.9 Å². The summed E-state index contributed by atoms with van der Waals surface area (Å²) in [7, 11) is 0. The Morgan fingerprint density at radius 1 is 1.47 bits per heavy atom. The van der Waals surface area contributed by atoms with Crippen molar-refractivity contribution < 1.29 is 9.50 Å². The molecule has 0 radical (unpaired) electrons. The van der Waals surface area contributed by atoms with E-state index in [1.165, 1.54) is 6.07 Å². The Hall–Kier alpha value is -0.450. The van der Waals surface area contributed by atoms with Crippen molar-refractivity contribution in [3.05, 3.63) is 34.1 Å². The summed E-state index contributed by atoms with van der Waals surface area (Å²) in [4.78, 5) is 0. The Morgan fingerprint density at radius 2 is 2.20 bits per heavy atom. The summed E-state index contributed by atoms with van der Waals surface area (Å²) in [5.74, 6) is -0.233. The first-order chi connectivity index (χ1) is 7.16. The van der Waals surface area contributed by atoms with Crippen LogP contribution >= 0.6 is 15.9 Å². The molecule has 1 saturated carbocycles. The highest BCUT2D eigenvalue weighted by molar-refractivity contribution is 9.10. The molecular weight excluding hydrogens is 261 g/mol. The lowest BCUT2D eigenvalue weighted by molar-refractivity contribution is 0.0619. The molecule has 1 aromatic rings. The summed E-state index contributed by atoms with van der Waals surface area (Å²) in [5.41, 5.74) is 0.913. The van der Waals surface area contributed by atoms with Crippen LogP contribution in [0.3, 0.4) is 0 Å². The summed E-state index contributed by atoms with van der Waals surface area (Å²) >= 11 is 3.22. The van der Waals surface area contributed by atoms with Crippen LogP contribution in [0.15, 0.2) is 22.7 Å². The lowest BCUT2D eigenvalue weighted by atomic mass is 9.89. The van der Waals surface area contributed by atoms with E-state index in [-0.39, 0.29) is 11.9 Å². The number of aliphatic hydroxyl groups excluding tert-OH is 1. The van der Waals surface area contributed by atoms with Gasteiger partial charge >= 0.3 is 0 Å². The minimum absolute atomic E-state index is 0.154. The van der Waals surface area contributed by atoms with Crippen LogP contribution in [0, 0.1) is 5.82 Å². The van der Waals surface area contributed by atoms with Gasteiger partial charge in [-0.25, -0.2) is 4.39 Å². The van der Waals surface area contributed by atoms with E-state index < -0.39 is 0 Å². The minimum atomic E-state index is -0.233. The molecule has 1 aliphatic carbocycles. The van der Waals surface area contributed by atoms with Crippen LogP contribution in [0.4, 0.5) is 4.39 Å². The van der Waals surface area contributed by atoms with Crippen LogP contribution in [0.25, 0.3) is 0 Å². The van der Waals surface area contributed by atoms with Crippen LogP contribution < -0.4 is 5.32 Å². The zero-order valence-electron chi connectivity index (χ0n) is 8.21. The molecule has 0 amide bonds. The van der Waals surface area contributed by atoms with E-state index in [1.807, 2.05) is 6.07 Å². The number of nitrogens with one attached hydrogen (secondary N) is 1. The van der Waals surface area contributed by atoms with Gasteiger partial charge in [0.25, 0.3) is 0 Å². The third kappa shape index (κ3) is 2.56. The smallest absolute Gasteiger partial charge is 0.137 e. The Morgan fingerprint density at radius 3 is 2.87 bits per heavy atom. The molecule has 0 atom stereocenters. The van der Waals surface area contributed by atoms with Crippen molar-refractivity contribution in [1.29, 1.82) is 0 Å². The van der Waals surface area contributed by atoms with Gasteiger partial charge in [0.1, 0.15) is 5.82 Å². The van der Waals surface area contributed by atoms with Crippen molar-refractivity contribution in [1.82, 2.24) is 5.32 Å². The molecule has 1 aromatic carbocycles. The zero-order chi connectivity index (χ0) is 10.8. The maximum atomic E-state index is 13.1. The average Bonchev–Trinajstić information content (AvgIpc) is 2.17. The van der Waals surface area contributed by atoms with Crippen LogP contribution in [0.1, 0.15) is 18.4 Å². The predicted molar refractivity (Wildman–Crippen MR) is 60.0 cm³/mol. The lowest BCUT2D eigenvalue weighted by Gasteiger charge is -2.32. The molecule has 1 fully saturated rings. The number of hydrogen-bond acceptors (Lipinski definition) is 2. The Kier molecular flexibility index (Phi) is 3.38. The van der Waals surface area contributed by atoms with Gasteiger partial charge in [0, 0.05) is 12.6 Å². The number of benzene rings is 1. The second-order valence-corrected chi connectivity index (χ2v) is 4.71. The molecule has 0 heterocycles. The SMILES string of the molecule is OC1CC(NCc2cccc(F)c2Br)C1. The first-order valence-electron chi connectivity index (χ1n) is 5.01. The van der Waals surface area contributed by atoms with E-state index in [2.05, 4.69) is 21.2 Å². The first-order valence-corrected chi connectivity index (χ1v) is 5.80. The summed E-state index contributed by atoms with van der Waals surface area (Å²) in [6.07, 6.45) is 1.44. The summed E-state index contributed by atoms with van der Waals surface area (Å²) < 4.78 is 13.7. The molecule has 0 bridgehead atoms. The second kappa shape index (κ2) is 4.60. The number of halogens is 2. The Balaban J connectivity index is 1.91. The van der Waals surface area contributed by atoms with Crippen LogP contribution in [0.5, 0.6) is 0 Å². The van der Waals surface area contributed by atoms with Crippen LogP contribution in [-0.2, 0) is 6.54 Å². The van der Waals surface area contributed by atoms with E-state index >= 15 is 0 Å². The summed E-state index contributed by atoms with van der Waals surface area (Å²) in [6.45, 7) is 0.635. The van der Waals surface area contributed by atoms with Gasteiger partial charge in [-0.05, 0) is 40.4 Å². The molecule has 82 valence electrons. The third-order valence-corrected chi connectivity index (χ3v) is 3.61. The van der Waals surface area contributed by atoms with Gasteiger partial charge in [-0.2, -0.15) is 0 Å². The zero-order valence-corrected chi connectivity index (χ0v) is 9.80. The van der Waals surface area contributed by atoms with Crippen LogP contribution in [-0.4, -0.2) is 17.3 Å². The number of aliphatic hydroxyl groups is 1. The average molecular weight is 274 g/mol. The topological polar surface area (TPSA) is 32.3 Å². The molecule has 2 nitrogen and oxygen atoms in total. The van der Waals surface area contributed by atoms with E-state index in [9.17, 15) is 4.39 Å². The molecule has 15 heavy (non-hydrogen) atoms. The highest BCUT2D eigenvalue weighted by atomic mass is 79.9. The van der Waals surface area contributed by atoms with E-state index in [1.54, 1.807) is 6.07 Å². The number of hydrogen-bond donors (Lipinski definition) is 2. The molecule has 4 heteroatoms. The molecule has 0 unspecified atom stereocenters. The highest BCUT2D eigenvalue weighted by Gasteiger charge is 2.26. The van der Waals surface area contributed by atoms with Gasteiger partial charge in [0.05, 0.1) is 10.6 Å². The fourth-order valence-electron chi connectivity index (χ4n) is 1.69. The molecule has 2 rings (SSSR count). The van der Waals surface area contributed by atoms with Gasteiger partial charge in [0.15, 0.2) is 0 Å². The van der Waals surface area contributed by atoms with Crippen molar-refractivity contribution in [3.63, 3.8) is 0 Å². The maximum absolute atomic E-state index is 13.1. The first kappa shape index (κ1) is 11.0. The molecule has 2 N–H and O–H groups in total. The molecule has 0 saturated heterocycles. The van der Waals surface area contributed by atoms with Crippen molar-refractivity contribution in [3.8, 4) is 0 Å². The molecule has 0 spiro atoms. The summed E-state index contributed by atoms with van der Waals surface area (Å²) in [5, 5.41) is 12.4. The second-order valence-electron chi connectivity index (χ2n) is 3.92. The van der Waals surface area contributed by atoms with E-state index in [4.69, 9.17) is 5.11 Å². The van der Waals surface area contributed by atoms with Gasteiger partial charge in [-0.1, -0.05) is 12.1 Å². The van der Waals surface area contributed by atoms with Crippen molar-refractivity contribution in [2.24, 2.45) is 0 Å². The predicted octanol–water partition coefficient (Wildman–Crippen LogP) is 2.20. The van der Waals surface area contributed by atoms with Crippen molar-refractivity contribution in [2.75, 3.05) is 0 Å². The van der Waals surface area contributed by atoms with E-state index in [0.29, 0.717) is 17.1 Å². The van der Waals surface area contributed by atoms with Gasteiger partial charge in [0.2, 0.25) is 0 Å². The standard InChI is InChI=1S/C11H13BrFNO/c12-11-7(2-1-3-10(11)13)6-14-8-4-9(15)5-8/h1-3,8-9,14-15H,4-6H2. The third-order valence-electron chi connectivity index (χ3n) is 2.73. The molecular formula is C11H13BrFNO. The lowest BCUT2D eigenvalue weighted by Crippen LogP contribution is -2.43. The van der Waals surface area contributed by atoms with Gasteiger partial charge in [-0.3, -0.25) is 0 Å². The fraction of sp³-hybridized carbons (Fsp3) is 0.455. The molecule has 0 aliphatic heterocycles. The highest BCUT2D eigenvalue weighted by Crippen LogP contribution is 2.23. The van der Waals surface area contributed by atoms with Crippen LogP contribution in [0.2, 0.25) is 0 Å². The minimum Gasteiger partial charge on any atom is -0.393 e. The maximum Gasteiger partial charge on any atom is 0.137 e. The number of rotatable bonds is 3. The normalized spacial score (nSPS) is 25.0.